The lowest BCUT2D eigenvalue weighted by atomic mass is 9.71. The smallest absolute Gasteiger partial charge is 0.416 e. The maximum absolute atomic E-state index is 14.3. The topological polar surface area (TPSA) is 94.1 Å². The number of aromatic nitrogens is 5. The first kappa shape index (κ1) is 22.1. The molecule has 1 spiro atoms. The molecule has 6 rings (SSSR count). The third-order valence-corrected chi connectivity index (χ3v) is 7.32. The van der Waals surface area contributed by atoms with Crippen molar-refractivity contribution in [3.63, 3.8) is 0 Å². The summed E-state index contributed by atoms with van der Waals surface area (Å²) in [7, 11) is 0. The van der Waals surface area contributed by atoms with E-state index in [1.165, 1.54) is 4.68 Å². The quantitative estimate of drug-likeness (QED) is 0.504. The number of halogens is 4. The van der Waals surface area contributed by atoms with Gasteiger partial charge in [-0.2, -0.15) is 18.2 Å². The molecule has 1 saturated heterocycles. The van der Waals surface area contributed by atoms with Crippen LogP contribution in [0.5, 0.6) is 11.8 Å². The minimum Gasteiger partial charge on any atom is -0.421 e. The van der Waals surface area contributed by atoms with E-state index in [-0.39, 0.29) is 23.5 Å². The van der Waals surface area contributed by atoms with Crippen LogP contribution in [0.3, 0.4) is 0 Å². The standard InChI is InChI=1S/C22H23F4N7O2/c1-10(2)33-19(35-16-6-12(22(24,25)26)4-5-15(16)23)28-18(31-33)27-17-13-7-21(13)9-32(8-14(17)21)20-30-29-11(3)34-20/h4-6,10,13-14,17H,7-9H2,1-3H3,(H,27,31)/t13-,14-,17+,21?/m0/s1. The maximum Gasteiger partial charge on any atom is 0.416 e. The number of alkyl halides is 3. The van der Waals surface area contributed by atoms with E-state index in [0.717, 1.165) is 25.6 Å². The van der Waals surface area contributed by atoms with E-state index in [1.54, 1.807) is 6.92 Å². The molecule has 3 aromatic rings. The average molecular weight is 493 g/mol. The lowest BCUT2D eigenvalue weighted by Crippen LogP contribution is -2.47. The molecule has 0 bridgehead atoms. The molecule has 0 radical (unpaired) electrons. The van der Waals surface area contributed by atoms with Crippen molar-refractivity contribution in [3.8, 4) is 11.8 Å². The summed E-state index contributed by atoms with van der Waals surface area (Å²) in [5.74, 6) is 0.126. The second kappa shape index (κ2) is 7.31. The summed E-state index contributed by atoms with van der Waals surface area (Å²) < 4.78 is 66.0. The van der Waals surface area contributed by atoms with Crippen LogP contribution in [-0.4, -0.2) is 44.1 Å². The Labute approximate surface area is 197 Å². The van der Waals surface area contributed by atoms with Gasteiger partial charge in [0.15, 0.2) is 11.6 Å². The van der Waals surface area contributed by atoms with Crippen LogP contribution in [0.4, 0.5) is 29.5 Å². The average Bonchev–Trinajstić information content (AvgIpc) is 3.10. The van der Waals surface area contributed by atoms with Crippen LogP contribution in [-0.2, 0) is 6.18 Å². The zero-order valence-corrected chi connectivity index (χ0v) is 19.2. The molecule has 1 aliphatic heterocycles. The van der Waals surface area contributed by atoms with Gasteiger partial charge in [0.25, 0.3) is 0 Å². The molecule has 186 valence electrons. The van der Waals surface area contributed by atoms with Crippen molar-refractivity contribution in [1.29, 1.82) is 0 Å². The molecule has 35 heavy (non-hydrogen) atoms. The molecule has 9 nitrogen and oxygen atoms in total. The fourth-order valence-electron chi connectivity index (χ4n) is 5.57. The summed E-state index contributed by atoms with van der Waals surface area (Å²) in [6.45, 7) is 7.03. The first-order valence-corrected chi connectivity index (χ1v) is 11.4. The molecule has 3 aliphatic rings. The lowest BCUT2D eigenvalue weighted by Gasteiger charge is -2.38. The minimum absolute atomic E-state index is 0.0866. The molecule has 3 fully saturated rings. The molecule has 1 aromatic carbocycles. The Balaban J connectivity index is 1.21. The van der Waals surface area contributed by atoms with E-state index in [0.29, 0.717) is 41.8 Å². The number of rotatable bonds is 6. The molecule has 3 heterocycles. The second-order valence-electron chi connectivity index (χ2n) is 9.81. The Morgan fingerprint density at radius 3 is 2.71 bits per heavy atom. The predicted molar refractivity (Wildman–Crippen MR) is 115 cm³/mol. The molecule has 1 N–H and O–H groups in total. The van der Waals surface area contributed by atoms with Crippen LogP contribution < -0.4 is 15.0 Å². The number of ether oxygens (including phenoxy) is 1. The first-order valence-electron chi connectivity index (χ1n) is 11.4. The van der Waals surface area contributed by atoms with Crippen molar-refractivity contribution >= 4 is 12.0 Å². The molecule has 4 atom stereocenters. The van der Waals surface area contributed by atoms with Crippen molar-refractivity contribution < 1.29 is 26.7 Å². The summed E-state index contributed by atoms with van der Waals surface area (Å²) in [4.78, 5) is 6.45. The van der Waals surface area contributed by atoms with Crippen LogP contribution in [0.1, 0.15) is 37.8 Å². The zero-order valence-electron chi connectivity index (χ0n) is 19.2. The van der Waals surface area contributed by atoms with Crippen molar-refractivity contribution in [1.82, 2.24) is 25.0 Å². The monoisotopic (exact) mass is 493 g/mol. The fraction of sp³-hybridized carbons (Fsp3) is 0.545. The highest BCUT2D eigenvalue weighted by Crippen LogP contribution is 2.74. The van der Waals surface area contributed by atoms with E-state index in [4.69, 9.17) is 9.15 Å². The van der Waals surface area contributed by atoms with Crippen LogP contribution in [0, 0.1) is 30.0 Å². The Bertz CT molecular complexity index is 1290. The Hall–Kier alpha value is -3.38. The molecule has 2 saturated carbocycles. The second-order valence-corrected chi connectivity index (χ2v) is 9.81. The zero-order chi connectivity index (χ0) is 24.7. The number of benzene rings is 1. The van der Waals surface area contributed by atoms with Crippen molar-refractivity contribution in [3.05, 3.63) is 35.5 Å². The Morgan fingerprint density at radius 2 is 2.03 bits per heavy atom. The molecule has 13 heteroatoms. The highest BCUT2D eigenvalue weighted by Gasteiger charge is 2.77. The van der Waals surface area contributed by atoms with E-state index in [2.05, 4.69) is 30.5 Å². The van der Waals surface area contributed by atoms with Gasteiger partial charge in [-0.25, -0.2) is 9.07 Å². The van der Waals surface area contributed by atoms with Gasteiger partial charge in [-0.15, -0.1) is 10.2 Å². The molecule has 0 amide bonds. The highest BCUT2D eigenvalue weighted by atomic mass is 19.4. The number of nitrogens with one attached hydrogen (secondary N) is 1. The number of anilines is 2. The van der Waals surface area contributed by atoms with Gasteiger partial charge in [0.1, 0.15) is 0 Å². The molecular formula is C22H23F4N7O2. The molecular weight excluding hydrogens is 470 g/mol. The number of hydrogen-bond acceptors (Lipinski definition) is 8. The summed E-state index contributed by atoms with van der Waals surface area (Å²) in [6.07, 6.45) is -3.55. The van der Waals surface area contributed by atoms with E-state index >= 15 is 0 Å². The predicted octanol–water partition coefficient (Wildman–Crippen LogP) is 4.44. The first-order chi connectivity index (χ1) is 16.5. The van der Waals surface area contributed by atoms with Crippen LogP contribution >= 0.6 is 0 Å². The van der Waals surface area contributed by atoms with Gasteiger partial charge >= 0.3 is 18.2 Å². The molecule has 2 aliphatic carbocycles. The van der Waals surface area contributed by atoms with Gasteiger partial charge in [0, 0.05) is 32.0 Å². The summed E-state index contributed by atoms with van der Waals surface area (Å²) in [5.41, 5.74) is -0.786. The third kappa shape index (κ3) is 3.50. The van der Waals surface area contributed by atoms with E-state index in [1.807, 2.05) is 13.8 Å². The number of aryl methyl sites for hydroxylation is 1. The van der Waals surface area contributed by atoms with Crippen molar-refractivity contribution in [2.45, 2.75) is 45.5 Å². The largest absolute Gasteiger partial charge is 0.421 e. The van der Waals surface area contributed by atoms with Gasteiger partial charge in [0.2, 0.25) is 11.8 Å². The normalized spacial score (nSPS) is 27.0. The fourth-order valence-corrected chi connectivity index (χ4v) is 5.57. The minimum atomic E-state index is -4.62. The van der Waals surface area contributed by atoms with Gasteiger partial charge in [0.05, 0.1) is 11.6 Å². The molecule has 1 unspecified atom stereocenters. The molecule has 2 aromatic heterocycles. The van der Waals surface area contributed by atoms with Gasteiger partial charge in [-0.1, -0.05) is 5.10 Å². The SMILES string of the molecule is Cc1nnc(N2C[C@H]3[C@H](Nc4nc(Oc5cc(C(F)(F)F)ccc5F)n(C(C)C)n4)[C@@H]4CC34C2)o1. The van der Waals surface area contributed by atoms with Crippen LogP contribution in [0.2, 0.25) is 0 Å². The van der Waals surface area contributed by atoms with Gasteiger partial charge < -0.3 is 19.4 Å². The highest BCUT2D eigenvalue weighted by molar-refractivity contribution is 5.45. The van der Waals surface area contributed by atoms with Gasteiger partial charge in [-0.05, 0) is 49.8 Å². The Kier molecular flexibility index (Phi) is 4.62. The lowest BCUT2D eigenvalue weighted by molar-refractivity contribution is -0.137. The third-order valence-electron chi connectivity index (χ3n) is 7.32. The summed E-state index contributed by atoms with van der Waals surface area (Å²) in [6, 6.07) is 2.37. The van der Waals surface area contributed by atoms with E-state index < -0.39 is 23.3 Å². The van der Waals surface area contributed by atoms with Crippen molar-refractivity contribution in [2.75, 3.05) is 23.3 Å². The van der Waals surface area contributed by atoms with Crippen molar-refractivity contribution in [2.24, 2.45) is 17.3 Å². The van der Waals surface area contributed by atoms with Crippen LogP contribution in [0.25, 0.3) is 0 Å². The Morgan fingerprint density at radius 1 is 1.23 bits per heavy atom. The van der Waals surface area contributed by atoms with E-state index in [9.17, 15) is 17.6 Å². The summed E-state index contributed by atoms with van der Waals surface area (Å²) in [5, 5.41) is 15.9. The number of nitrogens with zero attached hydrogens (tertiary/aromatic N) is 6. The maximum atomic E-state index is 14.3. The summed E-state index contributed by atoms with van der Waals surface area (Å²) >= 11 is 0. The van der Waals surface area contributed by atoms with Gasteiger partial charge in [-0.3, -0.25) is 0 Å². The number of hydrogen-bond donors (Lipinski definition) is 1. The van der Waals surface area contributed by atoms with Crippen LogP contribution in [0.15, 0.2) is 22.6 Å².